The largest absolute Gasteiger partial charge is 0.375 e. The van der Waals surface area contributed by atoms with Crippen molar-refractivity contribution in [2.75, 3.05) is 19.7 Å². The van der Waals surface area contributed by atoms with Crippen LogP contribution in [0.25, 0.3) is 16.7 Å². The normalized spacial score (nSPS) is 17.6. The molecule has 134 valence electrons. The monoisotopic (exact) mass is 349 g/mol. The molecule has 3 aromatic rings. The third-order valence-corrected chi connectivity index (χ3v) is 4.80. The van der Waals surface area contributed by atoms with Crippen LogP contribution in [0.4, 0.5) is 0 Å². The van der Waals surface area contributed by atoms with Gasteiger partial charge in [-0.1, -0.05) is 30.3 Å². The number of aromatic nitrogens is 2. The predicted molar refractivity (Wildman–Crippen MR) is 101 cm³/mol. The van der Waals surface area contributed by atoms with E-state index in [0.29, 0.717) is 32.5 Å². The summed E-state index contributed by atoms with van der Waals surface area (Å²) >= 11 is 0. The van der Waals surface area contributed by atoms with Crippen LogP contribution in [-0.2, 0) is 16.0 Å². The maximum atomic E-state index is 12.6. The number of amides is 1. The van der Waals surface area contributed by atoms with E-state index >= 15 is 0 Å². The van der Waals surface area contributed by atoms with Crippen molar-refractivity contribution in [1.29, 1.82) is 0 Å². The second kappa shape index (κ2) is 7.30. The lowest BCUT2D eigenvalue weighted by atomic mass is 10.2. The van der Waals surface area contributed by atoms with Crippen molar-refractivity contribution in [3.63, 3.8) is 0 Å². The van der Waals surface area contributed by atoms with E-state index in [1.165, 1.54) is 0 Å². The van der Waals surface area contributed by atoms with Gasteiger partial charge in [-0.3, -0.25) is 9.36 Å². The number of nitrogens with zero attached hydrogens (tertiary/aromatic N) is 3. The van der Waals surface area contributed by atoms with Crippen LogP contribution in [0.15, 0.2) is 54.6 Å². The molecule has 0 bridgehead atoms. The summed E-state index contributed by atoms with van der Waals surface area (Å²) in [6.07, 6.45) is 1.19. The summed E-state index contributed by atoms with van der Waals surface area (Å²) in [6, 6.07) is 18.3. The van der Waals surface area contributed by atoms with Crippen molar-refractivity contribution in [3.8, 4) is 5.69 Å². The highest BCUT2D eigenvalue weighted by Gasteiger charge is 2.22. The van der Waals surface area contributed by atoms with E-state index in [0.717, 1.165) is 22.5 Å². The standard InChI is InChI=1S/C21H23N3O2/c1-16-15-23(13-14-26-16)21(25)12-11-20-22-18-9-5-6-10-19(18)24(20)17-7-3-2-4-8-17/h2-10,16H,11-15H2,1H3. The summed E-state index contributed by atoms with van der Waals surface area (Å²) < 4.78 is 7.68. The first-order valence-electron chi connectivity index (χ1n) is 9.13. The number of morpholine rings is 1. The zero-order valence-corrected chi connectivity index (χ0v) is 15.0. The van der Waals surface area contributed by atoms with Gasteiger partial charge in [0.05, 0.1) is 23.7 Å². The number of hydrogen-bond acceptors (Lipinski definition) is 3. The van der Waals surface area contributed by atoms with Crippen LogP contribution in [0, 0.1) is 0 Å². The second-order valence-electron chi connectivity index (χ2n) is 6.71. The fourth-order valence-corrected chi connectivity index (χ4v) is 3.53. The maximum absolute atomic E-state index is 12.6. The van der Waals surface area contributed by atoms with E-state index in [9.17, 15) is 4.79 Å². The molecule has 1 atom stereocenters. The molecular weight excluding hydrogens is 326 g/mol. The Balaban J connectivity index is 1.59. The van der Waals surface area contributed by atoms with Gasteiger partial charge in [-0.15, -0.1) is 0 Å². The number of rotatable bonds is 4. The fraction of sp³-hybridized carbons (Fsp3) is 0.333. The predicted octanol–water partition coefficient (Wildman–Crippen LogP) is 3.21. The van der Waals surface area contributed by atoms with Gasteiger partial charge >= 0.3 is 0 Å². The molecule has 1 unspecified atom stereocenters. The Morgan fingerprint density at radius 2 is 1.92 bits per heavy atom. The Hall–Kier alpha value is -2.66. The SMILES string of the molecule is CC1CN(C(=O)CCc2nc3ccccc3n2-c2ccccc2)CCO1. The second-order valence-corrected chi connectivity index (χ2v) is 6.71. The van der Waals surface area contributed by atoms with E-state index in [-0.39, 0.29) is 12.0 Å². The molecule has 0 aliphatic carbocycles. The molecule has 1 aliphatic heterocycles. The Labute approximate surface area is 153 Å². The number of hydrogen-bond donors (Lipinski definition) is 0. The topological polar surface area (TPSA) is 47.4 Å². The highest BCUT2D eigenvalue weighted by atomic mass is 16.5. The molecule has 0 radical (unpaired) electrons. The smallest absolute Gasteiger partial charge is 0.223 e. The number of carbonyl (C=O) groups excluding carboxylic acids is 1. The van der Waals surface area contributed by atoms with Gasteiger partial charge in [0.15, 0.2) is 0 Å². The van der Waals surface area contributed by atoms with Crippen molar-refractivity contribution in [1.82, 2.24) is 14.5 Å². The lowest BCUT2D eigenvalue weighted by molar-refractivity contribution is -0.138. The zero-order chi connectivity index (χ0) is 17.9. The van der Waals surface area contributed by atoms with E-state index in [1.807, 2.05) is 48.2 Å². The van der Waals surface area contributed by atoms with Crippen molar-refractivity contribution < 1.29 is 9.53 Å². The minimum absolute atomic E-state index is 0.113. The minimum atomic E-state index is 0.113. The summed E-state index contributed by atoms with van der Waals surface area (Å²) in [5, 5.41) is 0. The van der Waals surface area contributed by atoms with Gasteiger partial charge in [0.25, 0.3) is 0 Å². The van der Waals surface area contributed by atoms with Gasteiger partial charge in [-0.2, -0.15) is 0 Å². The Bertz CT molecular complexity index is 904. The molecule has 2 heterocycles. The highest BCUT2D eigenvalue weighted by molar-refractivity contribution is 5.79. The Kier molecular flexibility index (Phi) is 4.71. The van der Waals surface area contributed by atoms with Gasteiger partial charge in [-0.25, -0.2) is 4.98 Å². The van der Waals surface area contributed by atoms with Crippen LogP contribution in [-0.4, -0.2) is 46.2 Å². The van der Waals surface area contributed by atoms with E-state index in [4.69, 9.17) is 9.72 Å². The Morgan fingerprint density at radius 1 is 1.15 bits per heavy atom. The molecule has 1 saturated heterocycles. The van der Waals surface area contributed by atoms with Crippen molar-refractivity contribution in [2.24, 2.45) is 0 Å². The summed E-state index contributed by atoms with van der Waals surface area (Å²) in [5.74, 6) is 1.10. The van der Waals surface area contributed by atoms with E-state index < -0.39 is 0 Å². The molecule has 5 nitrogen and oxygen atoms in total. The van der Waals surface area contributed by atoms with Gasteiger partial charge < -0.3 is 9.64 Å². The number of aryl methyl sites for hydroxylation is 1. The van der Waals surface area contributed by atoms with Gasteiger partial charge in [-0.05, 0) is 31.2 Å². The van der Waals surface area contributed by atoms with Crippen LogP contribution in [0.1, 0.15) is 19.2 Å². The summed E-state index contributed by atoms with van der Waals surface area (Å²) in [6.45, 7) is 3.98. The molecule has 1 amide bonds. The van der Waals surface area contributed by atoms with Crippen LogP contribution >= 0.6 is 0 Å². The molecule has 2 aromatic carbocycles. The molecule has 0 saturated carbocycles. The van der Waals surface area contributed by atoms with Gasteiger partial charge in [0.2, 0.25) is 5.91 Å². The maximum Gasteiger partial charge on any atom is 0.223 e. The zero-order valence-electron chi connectivity index (χ0n) is 15.0. The number of imidazole rings is 1. The number of fused-ring (bicyclic) bond motifs is 1. The molecule has 0 spiro atoms. The van der Waals surface area contributed by atoms with Gasteiger partial charge in [0.1, 0.15) is 5.82 Å². The fourth-order valence-electron chi connectivity index (χ4n) is 3.53. The molecular formula is C21H23N3O2. The van der Waals surface area contributed by atoms with Crippen LogP contribution in [0.3, 0.4) is 0 Å². The Morgan fingerprint density at radius 3 is 2.73 bits per heavy atom. The van der Waals surface area contributed by atoms with Crippen molar-refractivity contribution in [2.45, 2.75) is 25.9 Å². The summed E-state index contributed by atoms with van der Waals surface area (Å²) in [5.41, 5.74) is 3.10. The van der Waals surface area contributed by atoms with Crippen LogP contribution < -0.4 is 0 Å². The number of para-hydroxylation sites is 3. The molecule has 0 N–H and O–H groups in total. The first-order chi connectivity index (χ1) is 12.7. The third kappa shape index (κ3) is 3.35. The lowest BCUT2D eigenvalue weighted by Crippen LogP contribution is -2.44. The molecule has 26 heavy (non-hydrogen) atoms. The van der Waals surface area contributed by atoms with Crippen molar-refractivity contribution in [3.05, 3.63) is 60.4 Å². The molecule has 4 rings (SSSR count). The number of benzene rings is 2. The van der Waals surface area contributed by atoms with Crippen LogP contribution in [0.5, 0.6) is 0 Å². The first kappa shape index (κ1) is 16.8. The molecule has 5 heteroatoms. The first-order valence-corrected chi connectivity index (χ1v) is 9.13. The lowest BCUT2D eigenvalue weighted by Gasteiger charge is -2.31. The molecule has 1 fully saturated rings. The van der Waals surface area contributed by atoms with E-state index in [1.54, 1.807) is 0 Å². The average Bonchev–Trinajstić information content (AvgIpc) is 3.05. The third-order valence-electron chi connectivity index (χ3n) is 4.80. The summed E-state index contributed by atoms with van der Waals surface area (Å²) in [4.78, 5) is 19.3. The number of carbonyl (C=O) groups is 1. The molecule has 1 aromatic heterocycles. The molecule has 1 aliphatic rings. The quantitative estimate of drug-likeness (QED) is 0.727. The van der Waals surface area contributed by atoms with Crippen LogP contribution in [0.2, 0.25) is 0 Å². The van der Waals surface area contributed by atoms with Crippen molar-refractivity contribution >= 4 is 16.9 Å². The van der Waals surface area contributed by atoms with Gasteiger partial charge in [0, 0.05) is 31.6 Å². The highest BCUT2D eigenvalue weighted by Crippen LogP contribution is 2.22. The number of ether oxygens (including phenoxy) is 1. The summed E-state index contributed by atoms with van der Waals surface area (Å²) in [7, 11) is 0. The van der Waals surface area contributed by atoms with E-state index in [2.05, 4.69) is 22.8 Å². The minimum Gasteiger partial charge on any atom is -0.375 e. The average molecular weight is 349 g/mol.